The second-order valence-electron chi connectivity index (χ2n) is 4.15. The maximum atomic E-state index is 10.1. The van der Waals surface area contributed by atoms with Crippen LogP contribution in [0.25, 0.3) is 0 Å². The van der Waals surface area contributed by atoms with Gasteiger partial charge in [0.2, 0.25) is 0 Å². The summed E-state index contributed by atoms with van der Waals surface area (Å²) in [6.07, 6.45) is -0.634. The zero-order chi connectivity index (χ0) is 13.5. The maximum absolute atomic E-state index is 10.1. The minimum atomic E-state index is -0.634. The third-order valence-electron chi connectivity index (χ3n) is 2.55. The first-order valence-corrected chi connectivity index (χ1v) is 7.89. The van der Waals surface area contributed by atoms with Crippen molar-refractivity contribution in [1.29, 1.82) is 0 Å². The molecule has 1 aromatic carbocycles. The predicted octanol–water partition coefficient (Wildman–Crippen LogP) is 3.76. The summed E-state index contributed by atoms with van der Waals surface area (Å²) in [5.74, 6) is 2.14. The first-order valence-electron chi connectivity index (χ1n) is 5.98. The molecule has 5 heteroatoms. The molecule has 0 bridgehead atoms. The van der Waals surface area contributed by atoms with Crippen molar-refractivity contribution in [2.75, 3.05) is 18.1 Å². The number of hydrogen-bond acceptors (Lipinski definition) is 3. The second-order valence-corrected chi connectivity index (χ2v) is 6.31. The van der Waals surface area contributed by atoms with Crippen LogP contribution in [-0.2, 0) is 0 Å². The fraction of sp³-hybridized carbons (Fsp3) is 0.538. The number of halogens is 2. The van der Waals surface area contributed by atoms with Crippen LogP contribution in [0.4, 0.5) is 0 Å². The van der Waals surface area contributed by atoms with Crippen molar-refractivity contribution in [2.45, 2.75) is 26.0 Å². The molecular formula is C13H19Cl2NOS. The quantitative estimate of drug-likeness (QED) is 0.804. The van der Waals surface area contributed by atoms with Gasteiger partial charge in [-0.3, -0.25) is 0 Å². The Morgan fingerprint density at radius 3 is 2.78 bits per heavy atom. The Balaban J connectivity index is 2.49. The van der Waals surface area contributed by atoms with E-state index < -0.39 is 6.10 Å². The van der Waals surface area contributed by atoms with Gasteiger partial charge >= 0.3 is 0 Å². The van der Waals surface area contributed by atoms with E-state index in [-0.39, 0.29) is 0 Å². The van der Waals surface area contributed by atoms with E-state index in [0.29, 0.717) is 28.2 Å². The summed E-state index contributed by atoms with van der Waals surface area (Å²) in [6, 6.07) is 5.50. The highest BCUT2D eigenvalue weighted by Crippen LogP contribution is 2.26. The highest BCUT2D eigenvalue weighted by molar-refractivity contribution is 7.99. The molecule has 2 atom stereocenters. The third kappa shape index (κ3) is 5.37. The van der Waals surface area contributed by atoms with E-state index in [1.807, 2.05) is 11.8 Å². The van der Waals surface area contributed by atoms with E-state index in [1.54, 1.807) is 18.2 Å². The van der Waals surface area contributed by atoms with Gasteiger partial charge in [-0.05, 0) is 30.9 Å². The molecule has 18 heavy (non-hydrogen) atoms. The van der Waals surface area contributed by atoms with Crippen LogP contribution in [0.1, 0.15) is 25.5 Å². The van der Waals surface area contributed by atoms with E-state index in [2.05, 4.69) is 19.2 Å². The number of hydrogen-bond donors (Lipinski definition) is 2. The normalized spacial score (nSPS) is 14.5. The van der Waals surface area contributed by atoms with E-state index in [0.717, 1.165) is 11.5 Å². The molecule has 2 unspecified atom stereocenters. The first kappa shape index (κ1) is 16.1. The summed E-state index contributed by atoms with van der Waals surface area (Å²) < 4.78 is 0. The van der Waals surface area contributed by atoms with Gasteiger partial charge in [-0.2, -0.15) is 11.8 Å². The molecule has 2 nitrogen and oxygen atoms in total. The van der Waals surface area contributed by atoms with Crippen molar-refractivity contribution in [3.05, 3.63) is 33.8 Å². The summed E-state index contributed by atoms with van der Waals surface area (Å²) in [5.41, 5.74) is 0.673. The zero-order valence-electron chi connectivity index (χ0n) is 10.6. The lowest BCUT2D eigenvalue weighted by Gasteiger charge is -2.18. The summed E-state index contributed by atoms with van der Waals surface area (Å²) in [4.78, 5) is 0. The topological polar surface area (TPSA) is 32.3 Å². The highest BCUT2D eigenvalue weighted by atomic mass is 35.5. The Labute approximate surface area is 123 Å². The third-order valence-corrected chi connectivity index (χ3v) is 4.27. The average molecular weight is 308 g/mol. The largest absolute Gasteiger partial charge is 0.387 e. The molecule has 1 aromatic rings. The molecule has 0 fully saturated rings. The van der Waals surface area contributed by atoms with Crippen LogP contribution in [-0.4, -0.2) is 29.2 Å². The Bertz CT molecular complexity index is 376. The van der Waals surface area contributed by atoms with E-state index >= 15 is 0 Å². The number of rotatable bonds is 7. The van der Waals surface area contributed by atoms with Crippen molar-refractivity contribution in [3.63, 3.8) is 0 Å². The Morgan fingerprint density at radius 2 is 2.11 bits per heavy atom. The van der Waals surface area contributed by atoms with Gasteiger partial charge in [0.15, 0.2) is 0 Å². The predicted molar refractivity (Wildman–Crippen MR) is 81.9 cm³/mol. The molecule has 1 rings (SSSR count). The summed E-state index contributed by atoms with van der Waals surface area (Å²) >= 11 is 13.8. The van der Waals surface area contributed by atoms with Crippen LogP contribution < -0.4 is 5.32 Å². The molecule has 0 aromatic heterocycles. The molecule has 0 amide bonds. The smallest absolute Gasteiger partial charge is 0.0929 e. The van der Waals surface area contributed by atoms with Gasteiger partial charge in [0.05, 0.1) is 6.10 Å². The molecule has 102 valence electrons. The fourth-order valence-electron chi connectivity index (χ4n) is 1.55. The van der Waals surface area contributed by atoms with Crippen LogP contribution in [0.3, 0.4) is 0 Å². The first-order chi connectivity index (χ1) is 8.54. The van der Waals surface area contributed by atoms with E-state index in [1.165, 1.54) is 0 Å². The van der Waals surface area contributed by atoms with Crippen LogP contribution in [0, 0.1) is 0 Å². The number of aliphatic hydroxyl groups is 1. The number of thioether (sulfide) groups is 1. The van der Waals surface area contributed by atoms with Crippen LogP contribution >= 0.6 is 35.0 Å². The lowest BCUT2D eigenvalue weighted by atomic mass is 10.1. The summed E-state index contributed by atoms with van der Waals surface area (Å²) in [5, 5.41) is 14.5. The molecular weight excluding hydrogens is 289 g/mol. The van der Waals surface area contributed by atoms with Crippen LogP contribution in [0.2, 0.25) is 10.0 Å². The van der Waals surface area contributed by atoms with Gasteiger partial charge in [-0.25, -0.2) is 0 Å². The summed E-state index contributed by atoms with van der Waals surface area (Å²) in [6.45, 7) is 4.72. The average Bonchev–Trinajstić information content (AvgIpc) is 2.36. The number of benzene rings is 1. The molecule has 0 aliphatic heterocycles. The standard InChI is InChI=1S/C13H19Cl2NOS/c1-3-18-8-9(2)16-7-13(17)11-6-10(14)4-5-12(11)15/h4-6,9,13,16-17H,3,7-8H2,1-2H3. The van der Waals surface area contributed by atoms with Gasteiger partial charge in [0.25, 0.3) is 0 Å². The Kier molecular flexibility index (Phi) is 7.42. The van der Waals surface area contributed by atoms with Gasteiger partial charge in [-0.1, -0.05) is 30.1 Å². The molecule has 0 saturated carbocycles. The summed E-state index contributed by atoms with van der Waals surface area (Å²) in [7, 11) is 0. The van der Waals surface area contributed by atoms with Crippen molar-refractivity contribution in [2.24, 2.45) is 0 Å². The highest BCUT2D eigenvalue weighted by Gasteiger charge is 2.13. The molecule has 0 heterocycles. The van der Waals surface area contributed by atoms with Gasteiger partial charge in [-0.15, -0.1) is 0 Å². The molecule has 0 aliphatic rings. The van der Waals surface area contributed by atoms with Crippen LogP contribution in [0.5, 0.6) is 0 Å². The monoisotopic (exact) mass is 307 g/mol. The van der Waals surface area contributed by atoms with Gasteiger partial charge in [0.1, 0.15) is 0 Å². The molecule has 0 spiro atoms. The van der Waals surface area contributed by atoms with Crippen molar-refractivity contribution in [1.82, 2.24) is 5.32 Å². The van der Waals surface area contributed by atoms with Crippen molar-refractivity contribution >= 4 is 35.0 Å². The second kappa shape index (κ2) is 8.28. The molecule has 0 aliphatic carbocycles. The molecule has 2 N–H and O–H groups in total. The minimum absolute atomic E-state index is 0.363. The van der Waals surface area contributed by atoms with Crippen molar-refractivity contribution < 1.29 is 5.11 Å². The number of nitrogens with one attached hydrogen (secondary N) is 1. The molecule has 0 radical (unpaired) electrons. The Hall–Kier alpha value is 0.0700. The lowest BCUT2D eigenvalue weighted by Crippen LogP contribution is -2.32. The number of aliphatic hydroxyl groups excluding tert-OH is 1. The van der Waals surface area contributed by atoms with Crippen LogP contribution in [0.15, 0.2) is 18.2 Å². The van der Waals surface area contributed by atoms with E-state index in [4.69, 9.17) is 23.2 Å². The van der Waals surface area contributed by atoms with Gasteiger partial charge in [0, 0.05) is 33.9 Å². The zero-order valence-corrected chi connectivity index (χ0v) is 12.9. The van der Waals surface area contributed by atoms with Gasteiger partial charge < -0.3 is 10.4 Å². The molecule has 0 saturated heterocycles. The lowest BCUT2D eigenvalue weighted by molar-refractivity contribution is 0.172. The SMILES string of the molecule is CCSCC(C)NCC(O)c1cc(Cl)ccc1Cl. The Morgan fingerprint density at radius 1 is 1.39 bits per heavy atom. The van der Waals surface area contributed by atoms with E-state index in [9.17, 15) is 5.11 Å². The fourth-order valence-corrected chi connectivity index (χ4v) is 2.68. The maximum Gasteiger partial charge on any atom is 0.0929 e. The minimum Gasteiger partial charge on any atom is -0.387 e. The van der Waals surface area contributed by atoms with Crippen molar-refractivity contribution in [3.8, 4) is 0 Å².